The molecule has 1 heterocycles. The highest BCUT2D eigenvalue weighted by atomic mass is 16.5. The number of nitrogens with zero attached hydrogens (tertiary/aromatic N) is 5. The van der Waals surface area contributed by atoms with Crippen molar-refractivity contribution in [3.63, 3.8) is 0 Å². The first kappa shape index (κ1) is 24.7. The fraction of sp³-hybridized carbons (Fsp3) is 0.909. The maximum absolute atomic E-state index is 5.30. The molecule has 160 valence electrons. The van der Waals surface area contributed by atoms with E-state index in [0.29, 0.717) is 6.04 Å². The Kier molecular flexibility index (Phi) is 11.5. The van der Waals surface area contributed by atoms with Crippen LogP contribution in [0, 0.1) is 0 Å². The molecule has 0 bridgehead atoms. The molecule has 1 aliphatic heterocycles. The number of ether oxygens (including phenoxy) is 1. The van der Waals surface area contributed by atoms with Gasteiger partial charge in [0.2, 0.25) is 0 Å². The van der Waals surface area contributed by atoms with Gasteiger partial charge in [-0.25, -0.2) is 20.0 Å². The van der Waals surface area contributed by atoms with Crippen LogP contribution in [0.25, 0.3) is 0 Å². The van der Waals surface area contributed by atoms with Crippen LogP contribution in [-0.2, 0) is 4.74 Å². The fourth-order valence-corrected chi connectivity index (χ4v) is 2.72. The second-order valence-electron chi connectivity index (χ2n) is 9.52. The van der Waals surface area contributed by atoms with Crippen molar-refractivity contribution in [2.24, 2.45) is 20.0 Å². The molecular formula is C22H41N5O. The third kappa shape index (κ3) is 14.7. The van der Waals surface area contributed by atoms with Gasteiger partial charge in [-0.3, -0.25) is 4.90 Å². The molecule has 0 atom stereocenters. The summed E-state index contributed by atoms with van der Waals surface area (Å²) in [6, 6.07) is 6.10. The predicted molar refractivity (Wildman–Crippen MR) is 118 cm³/mol. The summed E-state index contributed by atoms with van der Waals surface area (Å²) in [6.45, 7) is 17.8. The van der Waals surface area contributed by atoms with Crippen molar-refractivity contribution in [2.45, 2.75) is 90.8 Å². The van der Waals surface area contributed by atoms with Gasteiger partial charge in [0.25, 0.3) is 0 Å². The molecule has 2 rings (SSSR count). The average molecular weight is 392 g/mol. The minimum Gasteiger partial charge on any atom is -0.379 e. The predicted octanol–water partition coefficient (Wildman–Crippen LogP) is 4.58. The monoisotopic (exact) mass is 391 g/mol. The number of hydrogen-bond acceptors (Lipinski definition) is 6. The first-order valence-corrected chi connectivity index (χ1v) is 10.8. The van der Waals surface area contributed by atoms with Gasteiger partial charge < -0.3 is 4.74 Å². The minimum absolute atomic E-state index is 0.0608. The van der Waals surface area contributed by atoms with Crippen LogP contribution in [-0.4, -0.2) is 73.4 Å². The van der Waals surface area contributed by atoms with E-state index >= 15 is 0 Å². The van der Waals surface area contributed by atoms with Gasteiger partial charge in [-0.15, -0.1) is 0 Å². The van der Waals surface area contributed by atoms with Crippen molar-refractivity contribution >= 4 is 12.0 Å². The first-order valence-electron chi connectivity index (χ1n) is 10.8. The average Bonchev–Trinajstić information content (AvgIpc) is 2.61. The molecule has 1 aliphatic carbocycles. The van der Waals surface area contributed by atoms with E-state index in [1.165, 1.54) is 32.1 Å². The smallest absolute Gasteiger partial charge is 0.0903 e. The summed E-state index contributed by atoms with van der Waals surface area (Å²) in [7, 11) is 0. The van der Waals surface area contributed by atoms with E-state index in [-0.39, 0.29) is 11.1 Å². The molecule has 0 spiro atoms. The Morgan fingerprint density at radius 1 is 0.857 bits per heavy atom. The number of rotatable bonds is 4. The Hall–Kier alpha value is -1.32. The largest absolute Gasteiger partial charge is 0.379 e. The zero-order chi connectivity index (χ0) is 20.9. The van der Waals surface area contributed by atoms with E-state index in [2.05, 4.69) is 36.9 Å². The van der Waals surface area contributed by atoms with Gasteiger partial charge in [0.15, 0.2) is 0 Å². The van der Waals surface area contributed by atoms with Crippen molar-refractivity contribution in [1.29, 1.82) is 0 Å². The molecule has 1 saturated heterocycles. The van der Waals surface area contributed by atoms with Crippen molar-refractivity contribution in [3.05, 3.63) is 0 Å². The van der Waals surface area contributed by atoms with E-state index in [4.69, 9.17) is 4.74 Å². The Balaban J connectivity index is 0.000000311. The highest BCUT2D eigenvalue weighted by molar-refractivity contribution is 5.43. The van der Waals surface area contributed by atoms with Gasteiger partial charge in [0, 0.05) is 19.6 Å². The van der Waals surface area contributed by atoms with Crippen LogP contribution in [0.15, 0.2) is 20.0 Å². The Morgan fingerprint density at radius 2 is 1.43 bits per heavy atom. The number of hydrogen-bond donors (Lipinski definition) is 0. The molecule has 0 radical (unpaired) electrons. The van der Waals surface area contributed by atoms with E-state index in [9.17, 15) is 0 Å². The summed E-state index contributed by atoms with van der Waals surface area (Å²) in [6.07, 6.45) is 6.48. The lowest BCUT2D eigenvalue weighted by atomic mass is 9.96. The second-order valence-corrected chi connectivity index (χ2v) is 9.52. The van der Waals surface area contributed by atoms with Crippen molar-refractivity contribution in [3.8, 4) is 0 Å². The second kappa shape index (κ2) is 13.0. The Bertz CT molecular complexity index is 516. The van der Waals surface area contributed by atoms with Gasteiger partial charge in [0.05, 0.1) is 48.9 Å². The van der Waals surface area contributed by atoms with Crippen molar-refractivity contribution in [2.75, 3.05) is 39.4 Å². The molecule has 2 aliphatic rings. The van der Waals surface area contributed by atoms with Crippen molar-refractivity contribution in [1.82, 2.24) is 4.90 Å². The van der Waals surface area contributed by atoms with E-state index < -0.39 is 0 Å². The van der Waals surface area contributed by atoms with E-state index in [0.717, 1.165) is 39.4 Å². The Morgan fingerprint density at radius 3 is 1.96 bits per heavy atom. The van der Waals surface area contributed by atoms with E-state index in [1.54, 1.807) is 0 Å². The number of aliphatic imine (C=N–C) groups is 4. The highest BCUT2D eigenvalue weighted by Crippen LogP contribution is 2.19. The van der Waals surface area contributed by atoms with Gasteiger partial charge in [-0.05, 0) is 54.4 Å². The third-order valence-corrected chi connectivity index (χ3v) is 4.29. The summed E-state index contributed by atoms with van der Waals surface area (Å²) in [4.78, 5) is 19.3. The summed E-state index contributed by atoms with van der Waals surface area (Å²) in [5.41, 5.74) is -0.122. The van der Waals surface area contributed by atoms with Gasteiger partial charge in [-0.2, -0.15) is 0 Å². The van der Waals surface area contributed by atoms with Crippen LogP contribution in [0.4, 0.5) is 0 Å². The van der Waals surface area contributed by atoms with Crippen LogP contribution in [0.1, 0.15) is 73.6 Å². The summed E-state index contributed by atoms with van der Waals surface area (Å²) in [5.74, 6) is 0. The lowest BCUT2D eigenvalue weighted by molar-refractivity contribution is 0.0395. The standard InChI is InChI=1S/C13H23N3O.C9H18N2/c1-2-4-13(5-3-1)15-12-14-6-7-16-8-10-17-11-9-16;1-8(2,3)10-7-11-9(4,5)6/h13H,1-11H2;1-6H3. The highest BCUT2D eigenvalue weighted by Gasteiger charge is 2.11. The summed E-state index contributed by atoms with van der Waals surface area (Å²) >= 11 is 0. The zero-order valence-corrected chi connectivity index (χ0v) is 19.0. The molecule has 6 nitrogen and oxygen atoms in total. The van der Waals surface area contributed by atoms with Crippen LogP contribution >= 0.6 is 0 Å². The van der Waals surface area contributed by atoms with Gasteiger partial charge in [0.1, 0.15) is 0 Å². The molecule has 0 aromatic heterocycles. The molecule has 28 heavy (non-hydrogen) atoms. The van der Waals surface area contributed by atoms with Gasteiger partial charge >= 0.3 is 0 Å². The molecular weight excluding hydrogens is 350 g/mol. The molecule has 0 aromatic carbocycles. The van der Waals surface area contributed by atoms with Crippen LogP contribution in [0.5, 0.6) is 0 Å². The van der Waals surface area contributed by atoms with Crippen molar-refractivity contribution < 1.29 is 4.74 Å². The first-order chi connectivity index (χ1) is 13.2. The maximum atomic E-state index is 5.30. The lowest BCUT2D eigenvalue weighted by Crippen LogP contribution is -2.37. The Labute approximate surface area is 172 Å². The lowest BCUT2D eigenvalue weighted by Gasteiger charge is -2.25. The molecule has 1 saturated carbocycles. The molecule has 0 aromatic rings. The normalized spacial score (nSPS) is 18.8. The molecule has 0 N–H and O–H groups in total. The fourth-order valence-electron chi connectivity index (χ4n) is 2.72. The van der Waals surface area contributed by atoms with Crippen LogP contribution < -0.4 is 0 Å². The van der Waals surface area contributed by atoms with Gasteiger partial charge in [-0.1, -0.05) is 19.3 Å². The molecule has 0 unspecified atom stereocenters. The summed E-state index contributed by atoms with van der Waals surface area (Å²) < 4.78 is 5.30. The molecule has 0 amide bonds. The van der Waals surface area contributed by atoms with Crippen LogP contribution in [0.2, 0.25) is 0 Å². The molecule has 6 heteroatoms. The third-order valence-electron chi connectivity index (χ3n) is 4.29. The maximum Gasteiger partial charge on any atom is 0.0903 e. The molecule has 2 fully saturated rings. The van der Waals surface area contributed by atoms with Crippen LogP contribution in [0.3, 0.4) is 0 Å². The number of morpholine rings is 1. The summed E-state index contributed by atoms with van der Waals surface area (Å²) in [5, 5.41) is 0. The van der Waals surface area contributed by atoms with E-state index in [1.807, 2.05) is 41.5 Å². The zero-order valence-electron chi connectivity index (χ0n) is 19.0. The minimum atomic E-state index is -0.0608. The topological polar surface area (TPSA) is 61.9 Å². The quantitative estimate of drug-likeness (QED) is 0.658. The SMILES string of the molecule is C(=NCCN1CCOCC1)=NC1CCCCC1.CC(C)(C)N=C=NC(C)(C)C.